The van der Waals surface area contributed by atoms with Crippen molar-refractivity contribution in [3.05, 3.63) is 54.7 Å². The van der Waals surface area contributed by atoms with Crippen molar-refractivity contribution in [1.82, 2.24) is 25.6 Å². The molecule has 25 heavy (non-hydrogen) atoms. The minimum absolute atomic E-state index is 0.165. The molecular formula is C17H13N5O2S. The standard InChI is InChI=1S/C17H13N5O2S/c1-25(23,24)15-6-2-5-13(16(15)17-19-21-22-20-17)11-7-8-14-12(10-11)4-3-9-18-14/h2-10H,1H3,(H,19,20,21,22). The summed E-state index contributed by atoms with van der Waals surface area (Å²) >= 11 is 0. The summed E-state index contributed by atoms with van der Waals surface area (Å²) in [4.78, 5) is 4.47. The van der Waals surface area contributed by atoms with Crippen LogP contribution in [0.2, 0.25) is 0 Å². The van der Waals surface area contributed by atoms with E-state index < -0.39 is 9.84 Å². The summed E-state index contributed by atoms with van der Waals surface area (Å²) in [6, 6.07) is 14.7. The third-order valence-corrected chi connectivity index (χ3v) is 5.05. The van der Waals surface area contributed by atoms with Crippen molar-refractivity contribution < 1.29 is 8.42 Å². The zero-order valence-corrected chi connectivity index (χ0v) is 14.0. The van der Waals surface area contributed by atoms with Gasteiger partial charge in [-0.25, -0.2) is 8.42 Å². The zero-order valence-electron chi connectivity index (χ0n) is 13.2. The first-order valence-electron chi connectivity index (χ1n) is 7.46. The SMILES string of the molecule is CS(=O)(=O)c1cccc(-c2ccc3ncccc3c2)c1-c1nn[nH]n1. The van der Waals surface area contributed by atoms with Gasteiger partial charge in [0.05, 0.1) is 10.4 Å². The summed E-state index contributed by atoms with van der Waals surface area (Å²) in [5.74, 6) is 0.238. The van der Waals surface area contributed by atoms with E-state index in [-0.39, 0.29) is 10.7 Å². The molecule has 0 fully saturated rings. The van der Waals surface area contributed by atoms with Crippen LogP contribution >= 0.6 is 0 Å². The van der Waals surface area contributed by atoms with E-state index in [9.17, 15) is 8.42 Å². The number of nitrogens with zero attached hydrogens (tertiary/aromatic N) is 4. The smallest absolute Gasteiger partial charge is 0.206 e. The first-order chi connectivity index (χ1) is 12.0. The van der Waals surface area contributed by atoms with E-state index in [1.165, 1.54) is 6.26 Å². The molecule has 0 spiro atoms. The lowest BCUT2D eigenvalue weighted by molar-refractivity contribution is 0.602. The number of tetrazole rings is 1. The molecule has 0 aliphatic heterocycles. The van der Waals surface area contributed by atoms with E-state index in [0.29, 0.717) is 5.56 Å². The van der Waals surface area contributed by atoms with Crippen LogP contribution in [0.3, 0.4) is 0 Å². The van der Waals surface area contributed by atoms with Crippen molar-refractivity contribution in [3.8, 4) is 22.5 Å². The predicted molar refractivity (Wildman–Crippen MR) is 93.5 cm³/mol. The lowest BCUT2D eigenvalue weighted by Gasteiger charge is -2.12. The molecule has 0 radical (unpaired) electrons. The molecule has 0 unspecified atom stereocenters. The van der Waals surface area contributed by atoms with Crippen LogP contribution in [-0.4, -0.2) is 40.3 Å². The van der Waals surface area contributed by atoms with Gasteiger partial charge in [-0.15, -0.1) is 10.2 Å². The number of sulfone groups is 1. The van der Waals surface area contributed by atoms with Gasteiger partial charge in [-0.2, -0.15) is 5.21 Å². The Balaban J connectivity index is 2.04. The third kappa shape index (κ3) is 2.76. The molecule has 0 bridgehead atoms. The van der Waals surface area contributed by atoms with Gasteiger partial charge in [-0.1, -0.05) is 24.3 Å². The van der Waals surface area contributed by atoms with Crippen LogP contribution in [0.5, 0.6) is 0 Å². The normalized spacial score (nSPS) is 11.7. The molecule has 4 aromatic rings. The lowest BCUT2D eigenvalue weighted by Crippen LogP contribution is -2.02. The zero-order chi connectivity index (χ0) is 17.4. The van der Waals surface area contributed by atoms with Gasteiger partial charge in [0.1, 0.15) is 0 Å². The number of hydrogen-bond donors (Lipinski definition) is 1. The number of nitrogens with one attached hydrogen (secondary N) is 1. The fourth-order valence-electron chi connectivity index (χ4n) is 2.82. The Hall–Kier alpha value is -3.13. The Morgan fingerprint density at radius 1 is 1.04 bits per heavy atom. The molecule has 0 saturated carbocycles. The molecule has 0 aliphatic rings. The van der Waals surface area contributed by atoms with E-state index in [4.69, 9.17) is 0 Å². The van der Waals surface area contributed by atoms with Gasteiger partial charge in [0.2, 0.25) is 5.82 Å². The van der Waals surface area contributed by atoms with Crippen LogP contribution < -0.4 is 0 Å². The average Bonchev–Trinajstić information content (AvgIpc) is 3.14. The number of fused-ring (bicyclic) bond motifs is 1. The molecule has 124 valence electrons. The monoisotopic (exact) mass is 351 g/mol. The van der Waals surface area contributed by atoms with Crippen LogP contribution in [0.1, 0.15) is 0 Å². The molecule has 0 aliphatic carbocycles. The molecule has 2 heterocycles. The average molecular weight is 351 g/mol. The van der Waals surface area contributed by atoms with Crippen LogP contribution in [0.4, 0.5) is 0 Å². The number of pyridine rings is 1. The molecule has 0 atom stereocenters. The minimum Gasteiger partial charge on any atom is -0.256 e. The number of aromatic nitrogens is 5. The summed E-state index contributed by atoms with van der Waals surface area (Å²) < 4.78 is 24.5. The maximum Gasteiger partial charge on any atom is 0.206 e. The summed E-state index contributed by atoms with van der Waals surface area (Å²) in [5.41, 5.74) is 2.87. The Morgan fingerprint density at radius 3 is 2.68 bits per heavy atom. The van der Waals surface area contributed by atoms with Gasteiger partial charge in [0.15, 0.2) is 9.84 Å². The second-order valence-electron chi connectivity index (χ2n) is 5.60. The molecule has 0 amide bonds. The predicted octanol–water partition coefficient (Wildman–Crippen LogP) is 2.49. The van der Waals surface area contributed by atoms with Crippen molar-refractivity contribution >= 4 is 20.7 Å². The lowest BCUT2D eigenvalue weighted by atomic mass is 9.98. The second-order valence-corrected chi connectivity index (χ2v) is 7.58. The van der Waals surface area contributed by atoms with Gasteiger partial charge in [-0.3, -0.25) is 4.98 Å². The Kier molecular flexibility index (Phi) is 3.54. The van der Waals surface area contributed by atoms with Crippen molar-refractivity contribution in [1.29, 1.82) is 0 Å². The van der Waals surface area contributed by atoms with E-state index in [1.807, 2.05) is 36.4 Å². The van der Waals surface area contributed by atoms with Gasteiger partial charge >= 0.3 is 0 Å². The molecule has 7 nitrogen and oxygen atoms in total. The fraction of sp³-hybridized carbons (Fsp3) is 0.0588. The van der Waals surface area contributed by atoms with E-state index in [0.717, 1.165) is 22.0 Å². The Bertz CT molecular complexity index is 1170. The van der Waals surface area contributed by atoms with Crippen molar-refractivity contribution in [2.75, 3.05) is 6.26 Å². The molecule has 4 rings (SSSR count). The highest BCUT2D eigenvalue weighted by Gasteiger charge is 2.21. The number of hydrogen-bond acceptors (Lipinski definition) is 6. The third-order valence-electron chi connectivity index (χ3n) is 3.91. The highest BCUT2D eigenvalue weighted by Crippen LogP contribution is 2.36. The van der Waals surface area contributed by atoms with Crippen molar-refractivity contribution in [3.63, 3.8) is 0 Å². The number of rotatable bonds is 3. The maximum absolute atomic E-state index is 12.2. The number of benzene rings is 2. The van der Waals surface area contributed by atoms with E-state index in [1.54, 1.807) is 18.3 Å². The molecule has 0 saturated heterocycles. The Labute approximate surface area is 143 Å². The molecule has 2 aromatic heterocycles. The molecule has 1 N–H and O–H groups in total. The minimum atomic E-state index is -3.47. The molecule has 8 heteroatoms. The molecule has 2 aromatic carbocycles. The van der Waals surface area contributed by atoms with Gasteiger partial charge in [-0.05, 0) is 40.6 Å². The topological polar surface area (TPSA) is 101 Å². The number of H-pyrrole nitrogens is 1. The summed E-state index contributed by atoms with van der Waals surface area (Å²) in [5, 5.41) is 14.9. The highest BCUT2D eigenvalue weighted by molar-refractivity contribution is 7.90. The van der Waals surface area contributed by atoms with E-state index >= 15 is 0 Å². The Morgan fingerprint density at radius 2 is 1.92 bits per heavy atom. The molecular weight excluding hydrogens is 338 g/mol. The second kappa shape index (κ2) is 5.75. The number of aromatic amines is 1. The quantitative estimate of drug-likeness (QED) is 0.608. The van der Waals surface area contributed by atoms with Gasteiger partial charge in [0, 0.05) is 23.4 Å². The van der Waals surface area contributed by atoms with Crippen LogP contribution in [-0.2, 0) is 9.84 Å². The summed E-state index contributed by atoms with van der Waals surface area (Å²) in [6.07, 6.45) is 2.90. The fourth-order valence-corrected chi connectivity index (χ4v) is 3.72. The first-order valence-corrected chi connectivity index (χ1v) is 9.35. The maximum atomic E-state index is 12.2. The first kappa shape index (κ1) is 15.4. The van der Waals surface area contributed by atoms with Crippen LogP contribution in [0.15, 0.2) is 59.6 Å². The van der Waals surface area contributed by atoms with Crippen molar-refractivity contribution in [2.45, 2.75) is 4.90 Å². The van der Waals surface area contributed by atoms with E-state index in [2.05, 4.69) is 25.6 Å². The summed E-state index contributed by atoms with van der Waals surface area (Å²) in [6.45, 7) is 0. The van der Waals surface area contributed by atoms with Crippen LogP contribution in [0, 0.1) is 0 Å². The van der Waals surface area contributed by atoms with Gasteiger partial charge < -0.3 is 0 Å². The summed E-state index contributed by atoms with van der Waals surface area (Å²) in [7, 11) is -3.47. The van der Waals surface area contributed by atoms with Gasteiger partial charge in [0.25, 0.3) is 0 Å². The largest absolute Gasteiger partial charge is 0.256 e. The highest BCUT2D eigenvalue weighted by atomic mass is 32.2. The van der Waals surface area contributed by atoms with Crippen LogP contribution in [0.25, 0.3) is 33.4 Å². The van der Waals surface area contributed by atoms with Crippen molar-refractivity contribution in [2.24, 2.45) is 0 Å².